The number of fused-ring (bicyclic) bond motifs is 1. The largest absolute Gasteiger partial charge is 0.352 e. The molecule has 0 unspecified atom stereocenters. The molecule has 1 saturated carbocycles. The summed E-state index contributed by atoms with van der Waals surface area (Å²) in [4.78, 5) is 38.9. The Morgan fingerprint density at radius 1 is 1.07 bits per heavy atom. The van der Waals surface area contributed by atoms with Gasteiger partial charge in [-0.15, -0.1) is 5.10 Å². The quantitative estimate of drug-likeness (QED) is 0.795. The van der Waals surface area contributed by atoms with Gasteiger partial charge in [0.15, 0.2) is 0 Å². The highest BCUT2D eigenvalue weighted by Crippen LogP contribution is 2.26. The molecule has 0 saturated heterocycles. The van der Waals surface area contributed by atoms with Gasteiger partial charge in [-0.25, -0.2) is 9.07 Å². The highest BCUT2D eigenvalue weighted by molar-refractivity contribution is 5.76. The molecule has 0 atom stereocenters. The molecule has 9 heteroatoms. The second kappa shape index (κ2) is 7.57. The first-order valence-electron chi connectivity index (χ1n) is 9.57. The van der Waals surface area contributed by atoms with Gasteiger partial charge in [0.05, 0.1) is 0 Å². The van der Waals surface area contributed by atoms with Crippen molar-refractivity contribution in [1.82, 2.24) is 19.7 Å². The maximum absolute atomic E-state index is 13.2. The molecule has 148 valence electrons. The number of aromatic nitrogens is 3. The molecule has 8 nitrogen and oxygen atoms in total. The first kappa shape index (κ1) is 18.4. The van der Waals surface area contributed by atoms with Crippen LogP contribution in [0.25, 0.3) is 0 Å². The smallest absolute Gasteiger partial charge is 0.333 e. The maximum Gasteiger partial charge on any atom is 0.333 e. The molecular formula is C19H22FN5O3. The Morgan fingerprint density at radius 2 is 1.79 bits per heavy atom. The molecule has 1 fully saturated rings. The van der Waals surface area contributed by atoms with Crippen LogP contribution in [0, 0.1) is 5.82 Å². The first-order chi connectivity index (χ1) is 13.5. The maximum atomic E-state index is 13.2. The average Bonchev–Trinajstić information content (AvgIpc) is 3.11. The lowest BCUT2D eigenvalue weighted by Crippen LogP contribution is -2.46. The van der Waals surface area contributed by atoms with E-state index in [0.717, 1.165) is 30.4 Å². The van der Waals surface area contributed by atoms with E-state index in [9.17, 15) is 18.8 Å². The van der Waals surface area contributed by atoms with Crippen LogP contribution in [0.4, 0.5) is 16.0 Å². The number of nitrogens with zero attached hydrogens (tertiary/aromatic N) is 4. The number of hydrogen-bond donors (Lipinski definition) is 1. The molecule has 1 aromatic heterocycles. The second-order valence-electron chi connectivity index (χ2n) is 7.25. The summed E-state index contributed by atoms with van der Waals surface area (Å²) in [5.74, 6) is -0.406. The molecule has 1 aliphatic carbocycles. The van der Waals surface area contributed by atoms with Gasteiger partial charge in [-0.1, -0.05) is 19.3 Å². The number of amides is 1. The van der Waals surface area contributed by atoms with Crippen molar-refractivity contribution in [2.24, 2.45) is 0 Å². The lowest BCUT2D eigenvalue weighted by molar-refractivity contribution is -0.122. The van der Waals surface area contributed by atoms with E-state index in [1.807, 2.05) is 0 Å². The third kappa shape index (κ3) is 3.56. The van der Waals surface area contributed by atoms with Crippen LogP contribution in [-0.2, 0) is 17.9 Å². The summed E-state index contributed by atoms with van der Waals surface area (Å²) < 4.78 is 15.4. The standard InChI is InChI=1S/C19H22FN5O3/c20-13-6-8-15(9-7-13)23-10-11-24-17(27)18(28)25(22-19(23)24)12-16(26)21-14-4-2-1-3-5-14/h6-9,14H,1-5,10-12H2,(H,21,26). The van der Waals surface area contributed by atoms with Gasteiger partial charge in [0.1, 0.15) is 12.4 Å². The summed E-state index contributed by atoms with van der Waals surface area (Å²) in [5.41, 5.74) is -0.861. The molecule has 4 rings (SSSR count). The Hall–Kier alpha value is -2.97. The number of benzene rings is 1. The third-order valence-electron chi connectivity index (χ3n) is 5.30. The van der Waals surface area contributed by atoms with Crippen molar-refractivity contribution in [2.75, 3.05) is 11.4 Å². The number of hydrogen-bond acceptors (Lipinski definition) is 5. The summed E-state index contributed by atoms with van der Waals surface area (Å²) in [5, 5.41) is 7.19. The highest BCUT2D eigenvalue weighted by atomic mass is 19.1. The fraction of sp³-hybridized carbons (Fsp3) is 0.474. The predicted molar refractivity (Wildman–Crippen MR) is 101 cm³/mol. The van der Waals surface area contributed by atoms with Crippen LogP contribution in [0.1, 0.15) is 32.1 Å². The van der Waals surface area contributed by atoms with Crippen LogP contribution >= 0.6 is 0 Å². The van der Waals surface area contributed by atoms with Crippen LogP contribution < -0.4 is 21.3 Å². The third-order valence-corrected chi connectivity index (χ3v) is 5.30. The average molecular weight is 387 g/mol. The zero-order chi connectivity index (χ0) is 19.7. The summed E-state index contributed by atoms with van der Waals surface area (Å²) >= 11 is 0. The Bertz CT molecular complexity index is 992. The van der Waals surface area contributed by atoms with Crippen LogP contribution in [-0.4, -0.2) is 32.8 Å². The number of halogens is 1. The van der Waals surface area contributed by atoms with Crippen LogP contribution in [0.5, 0.6) is 0 Å². The Balaban J connectivity index is 1.59. The van der Waals surface area contributed by atoms with Gasteiger partial charge in [0, 0.05) is 24.8 Å². The number of carbonyl (C=O) groups is 1. The molecule has 28 heavy (non-hydrogen) atoms. The lowest BCUT2D eigenvalue weighted by atomic mass is 9.95. The Morgan fingerprint density at radius 3 is 2.50 bits per heavy atom. The van der Waals surface area contributed by atoms with E-state index >= 15 is 0 Å². The molecule has 1 amide bonds. The van der Waals surface area contributed by atoms with E-state index in [-0.39, 0.29) is 30.3 Å². The minimum Gasteiger partial charge on any atom is -0.352 e. The van der Waals surface area contributed by atoms with Gasteiger partial charge in [-0.05, 0) is 37.1 Å². The predicted octanol–water partition coefficient (Wildman–Crippen LogP) is 1.14. The van der Waals surface area contributed by atoms with Crippen LogP contribution in [0.2, 0.25) is 0 Å². The Labute approximate surface area is 160 Å². The monoisotopic (exact) mass is 387 g/mol. The minimum atomic E-state index is -0.816. The Kier molecular flexibility index (Phi) is 4.97. The zero-order valence-corrected chi connectivity index (χ0v) is 15.4. The van der Waals surface area contributed by atoms with Crippen LogP contribution in [0.15, 0.2) is 33.9 Å². The minimum absolute atomic E-state index is 0.114. The van der Waals surface area contributed by atoms with Gasteiger partial charge in [0.2, 0.25) is 11.9 Å². The molecule has 1 aromatic carbocycles. The molecule has 1 N–H and O–H groups in total. The van der Waals surface area contributed by atoms with Crippen molar-refractivity contribution in [3.63, 3.8) is 0 Å². The highest BCUT2D eigenvalue weighted by Gasteiger charge is 2.26. The van der Waals surface area contributed by atoms with Crippen molar-refractivity contribution in [1.29, 1.82) is 0 Å². The van der Waals surface area contributed by atoms with Crippen molar-refractivity contribution in [2.45, 2.75) is 51.2 Å². The van der Waals surface area contributed by atoms with E-state index in [1.165, 1.54) is 23.1 Å². The number of nitrogens with one attached hydrogen (secondary N) is 1. The number of carbonyl (C=O) groups excluding carboxylic acids is 1. The molecule has 0 radical (unpaired) electrons. The van der Waals surface area contributed by atoms with Gasteiger partial charge >= 0.3 is 11.1 Å². The first-order valence-corrected chi connectivity index (χ1v) is 9.57. The van der Waals surface area contributed by atoms with E-state index in [1.54, 1.807) is 17.0 Å². The lowest BCUT2D eigenvalue weighted by Gasteiger charge is -2.23. The van der Waals surface area contributed by atoms with Gasteiger partial charge in [-0.2, -0.15) is 0 Å². The van der Waals surface area contributed by atoms with E-state index < -0.39 is 11.1 Å². The normalized spacial score (nSPS) is 16.8. The van der Waals surface area contributed by atoms with E-state index in [2.05, 4.69) is 10.4 Å². The molecule has 2 aliphatic rings. The summed E-state index contributed by atoms with van der Waals surface area (Å²) in [6.07, 6.45) is 5.19. The van der Waals surface area contributed by atoms with Gasteiger partial charge < -0.3 is 10.2 Å². The van der Waals surface area contributed by atoms with Crippen molar-refractivity contribution in [3.05, 3.63) is 50.8 Å². The van der Waals surface area contributed by atoms with Crippen molar-refractivity contribution in [3.8, 4) is 0 Å². The SMILES string of the molecule is O=C(Cn1nc2n(c(=O)c1=O)CCN2c1ccc(F)cc1)NC1CCCCC1. The zero-order valence-electron chi connectivity index (χ0n) is 15.4. The topological polar surface area (TPSA) is 89.2 Å². The summed E-state index contributed by atoms with van der Waals surface area (Å²) in [6.45, 7) is 0.449. The van der Waals surface area contributed by atoms with Gasteiger partial charge in [-0.3, -0.25) is 19.0 Å². The molecule has 2 aromatic rings. The van der Waals surface area contributed by atoms with Gasteiger partial charge in [0.25, 0.3) is 0 Å². The fourth-order valence-corrected chi connectivity index (χ4v) is 3.85. The van der Waals surface area contributed by atoms with E-state index in [0.29, 0.717) is 18.8 Å². The molecule has 2 heterocycles. The second-order valence-corrected chi connectivity index (χ2v) is 7.25. The molecular weight excluding hydrogens is 365 g/mol. The van der Waals surface area contributed by atoms with Crippen molar-refractivity contribution >= 4 is 17.5 Å². The summed E-state index contributed by atoms with van der Waals surface area (Å²) in [6, 6.07) is 5.93. The number of rotatable bonds is 4. The van der Waals surface area contributed by atoms with Crippen molar-refractivity contribution < 1.29 is 9.18 Å². The molecule has 1 aliphatic heterocycles. The number of anilines is 2. The molecule has 0 spiro atoms. The van der Waals surface area contributed by atoms with Crippen LogP contribution in [0.3, 0.4) is 0 Å². The fourth-order valence-electron chi connectivity index (χ4n) is 3.85. The molecule has 0 bridgehead atoms. The van der Waals surface area contributed by atoms with E-state index in [4.69, 9.17) is 0 Å². The summed E-state index contributed by atoms with van der Waals surface area (Å²) in [7, 11) is 0.